The quantitative estimate of drug-likeness (QED) is 0.363. The second-order valence-electron chi connectivity index (χ2n) is 6.86. The van der Waals surface area contributed by atoms with Crippen molar-refractivity contribution in [2.45, 2.75) is 51.3 Å². The van der Waals surface area contributed by atoms with Gasteiger partial charge in [-0.2, -0.15) is 0 Å². The number of carbonyl (C=O) groups is 1. The van der Waals surface area contributed by atoms with Crippen LogP contribution in [-0.4, -0.2) is 75.7 Å². The van der Waals surface area contributed by atoms with E-state index in [0.29, 0.717) is 52.5 Å². The van der Waals surface area contributed by atoms with Crippen molar-refractivity contribution >= 4 is 5.97 Å². The minimum atomic E-state index is -0.865. The molecule has 0 aliphatic carbocycles. The number of esters is 1. The second-order valence-corrected chi connectivity index (χ2v) is 6.86. The molecule has 147 valence electrons. The van der Waals surface area contributed by atoms with Crippen molar-refractivity contribution in [3.8, 4) is 0 Å². The van der Waals surface area contributed by atoms with Gasteiger partial charge in [-0.3, -0.25) is 4.79 Å². The minimum Gasteiger partial charge on any atom is -0.463 e. The van der Waals surface area contributed by atoms with E-state index >= 15 is 0 Å². The van der Waals surface area contributed by atoms with Crippen LogP contribution < -0.4 is 0 Å². The van der Waals surface area contributed by atoms with Gasteiger partial charge in [-0.25, -0.2) is 0 Å². The molecule has 8 nitrogen and oxygen atoms in total. The Labute approximate surface area is 150 Å². The molecule has 1 radical (unpaired) electrons. The van der Waals surface area contributed by atoms with Crippen molar-refractivity contribution in [1.29, 1.82) is 0 Å². The van der Waals surface area contributed by atoms with Crippen LogP contribution in [0.4, 0.5) is 0 Å². The van der Waals surface area contributed by atoms with Crippen LogP contribution in [0.1, 0.15) is 40.0 Å². The number of hydrogen-bond donors (Lipinski definition) is 0. The van der Waals surface area contributed by atoms with E-state index in [1.165, 1.54) is 0 Å². The number of ether oxygens (including phenoxy) is 5. The fraction of sp³-hybridized carbons (Fsp3) is 0.941. The zero-order valence-corrected chi connectivity index (χ0v) is 15.9. The maximum Gasteiger partial charge on any atom is 0.305 e. The third kappa shape index (κ3) is 7.98. The average molecular weight is 362 g/mol. The molecule has 25 heavy (non-hydrogen) atoms. The summed E-state index contributed by atoms with van der Waals surface area (Å²) in [5.74, 6) is -0.293. The molecular formula is C17H32NO7. The van der Waals surface area contributed by atoms with Crippen molar-refractivity contribution < 1.29 is 33.7 Å². The molecule has 0 spiro atoms. The van der Waals surface area contributed by atoms with E-state index in [2.05, 4.69) is 0 Å². The zero-order chi connectivity index (χ0) is 18.8. The summed E-state index contributed by atoms with van der Waals surface area (Å²) in [6, 6.07) is 0. The molecule has 0 bridgehead atoms. The average Bonchev–Trinajstić information content (AvgIpc) is 2.77. The fourth-order valence-corrected chi connectivity index (χ4v) is 2.57. The summed E-state index contributed by atoms with van der Waals surface area (Å²) >= 11 is 0. The number of hydroxylamine groups is 2. The predicted octanol–water partition coefficient (Wildman–Crippen LogP) is 1.55. The van der Waals surface area contributed by atoms with Gasteiger partial charge < -0.3 is 23.7 Å². The molecule has 1 aliphatic rings. The summed E-state index contributed by atoms with van der Waals surface area (Å²) in [6.45, 7) is 8.44. The van der Waals surface area contributed by atoms with E-state index in [1.807, 2.05) is 13.8 Å². The molecule has 8 heteroatoms. The molecule has 1 heterocycles. The van der Waals surface area contributed by atoms with Crippen molar-refractivity contribution in [2.75, 3.05) is 53.4 Å². The highest BCUT2D eigenvalue weighted by atomic mass is 16.6. The van der Waals surface area contributed by atoms with Crippen LogP contribution in [0, 0.1) is 0 Å². The van der Waals surface area contributed by atoms with Gasteiger partial charge in [0.1, 0.15) is 12.3 Å². The fourth-order valence-electron chi connectivity index (χ4n) is 2.57. The zero-order valence-electron chi connectivity index (χ0n) is 15.9. The van der Waals surface area contributed by atoms with E-state index in [1.54, 1.807) is 14.0 Å². The summed E-state index contributed by atoms with van der Waals surface area (Å²) in [5.41, 5.74) is -1.39. The Bertz CT molecular complexity index is 391. The first kappa shape index (κ1) is 22.3. The third-order valence-electron chi connectivity index (χ3n) is 4.03. The smallest absolute Gasteiger partial charge is 0.305 e. The van der Waals surface area contributed by atoms with E-state index in [0.717, 1.165) is 5.06 Å². The SMILES string of the molecule is COCCOCCOCCOC(=O)CCCC1(C)OCC(C)(C)N1[O]. The van der Waals surface area contributed by atoms with Crippen LogP contribution in [0.25, 0.3) is 0 Å². The summed E-state index contributed by atoms with van der Waals surface area (Å²) in [4.78, 5) is 11.7. The highest BCUT2D eigenvalue weighted by molar-refractivity contribution is 5.69. The van der Waals surface area contributed by atoms with Gasteiger partial charge in [0.15, 0.2) is 0 Å². The number of rotatable bonds is 13. The number of nitrogens with zero attached hydrogens (tertiary/aromatic N) is 1. The summed E-state index contributed by atoms with van der Waals surface area (Å²) in [5, 5.41) is 13.2. The lowest BCUT2D eigenvalue weighted by Crippen LogP contribution is -2.47. The molecule has 0 aromatic heterocycles. The molecule has 1 saturated heterocycles. The van der Waals surface area contributed by atoms with Crippen LogP contribution >= 0.6 is 0 Å². The van der Waals surface area contributed by atoms with E-state index in [9.17, 15) is 10.0 Å². The Kier molecular flexibility index (Phi) is 9.84. The first-order valence-corrected chi connectivity index (χ1v) is 8.73. The molecule has 1 fully saturated rings. The first-order chi connectivity index (χ1) is 11.8. The lowest BCUT2D eigenvalue weighted by molar-refractivity contribution is -0.286. The van der Waals surface area contributed by atoms with Crippen LogP contribution in [0.2, 0.25) is 0 Å². The van der Waals surface area contributed by atoms with Crippen molar-refractivity contribution in [2.24, 2.45) is 0 Å². The molecule has 1 unspecified atom stereocenters. The maximum absolute atomic E-state index is 12.2. The van der Waals surface area contributed by atoms with Crippen molar-refractivity contribution in [3.05, 3.63) is 0 Å². The van der Waals surface area contributed by atoms with Crippen molar-refractivity contribution in [3.63, 3.8) is 0 Å². The lowest BCUT2D eigenvalue weighted by Gasteiger charge is -2.32. The van der Waals surface area contributed by atoms with Crippen LogP contribution in [-0.2, 0) is 33.7 Å². The molecule has 1 atom stereocenters. The monoisotopic (exact) mass is 362 g/mol. The van der Waals surface area contributed by atoms with Crippen LogP contribution in [0.5, 0.6) is 0 Å². The van der Waals surface area contributed by atoms with Gasteiger partial charge in [0.2, 0.25) is 0 Å². The van der Waals surface area contributed by atoms with Gasteiger partial charge in [0.05, 0.1) is 45.2 Å². The van der Waals surface area contributed by atoms with E-state index in [-0.39, 0.29) is 19.0 Å². The van der Waals surface area contributed by atoms with Crippen molar-refractivity contribution in [1.82, 2.24) is 5.06 Å². The van der Waals surface area contributed by atoms with Gasteiger partial charge >= 0.3 is 5.97 Å². The number of carbonyl (C=O) groups excluding carboxylic acids is 1. The van der Waals surface area contributed by atoms with E-state index < -0.39 is 11.3 Å². The first-order valence-electron chi connectivity index (χ1n) is 8.73. The highest BCUT2D eigenvalue weighted by Crippen LogP contribution is 2.36. The molecule has 0 aromatic carbocycles. The Balaban J connectivity index is 2.01. The Hall–Kier alpha value is -0.770. The maximum atomic E-state index is 12.2. The number of hydrogen-bond acceptors (Lipinski definition) is 7. The minimum absolute atomic E-state index is 0.214. The van der Waals surface area contributed by atoms with Gasteiger partial charge in [-0.15, -0.1) is 10.3 Å². The summed E-state index contributed by atoms with van der Waals surface area (Å²) in [6.07, 6.45) is 1.29. The topological polar surface area (TPSA) is 86.4 Å². The highest BCUT2D eigenvalue weighted by Gasteiger charge is 2.49. The molecular weight excluding hydrogens is 330 g/mol. The second kappa shape index (κ2) is 11.1. The van der Waals surface area contributed by atoms with Gasteiger partial charge in [-0.1, -0.05) is 0 Å². The van der Waals surface area contributed by atoms with Gasteiger partial charge in [0.25, 0.3) is 0 Å². The van der Waals surface area contributed by atoms with Crippen LogP contribution in [0.3, 0.4) is 0 Å². The van der Waals surface area contributed by atoms with Gasteiger partial charge in [-0.05, 0) is 33.6 Å². The number of methoxy groups -OCH3 is 1. The standard InChI is InChI=1S/C17H32NO7/c1-16(2)14-25-17(3,18(16)20)7-5-6-15(19)24-13-12-23-11-10-22-9-8-21-4/h5-14H2,1-4H3. The molecule has 1 aliphatic heterocycles. The lowest BCUT2D eigenvalue weighted by atomic mass is 10.0. The Morgan fingerprint density at radius 1 is 1.04 bits per heavy atom. The molecule has 1 rings (SSSR count). The Morgan fingerprint density at radius 2 is 1.64 bits per heavy atom. The summed E-state index contributed by atoms with van der Waals surface area (Å²) < 4.78 is 26.1. The molecule has 0 N–H and O–H groups in total. The Morgan fingerprint density at radius 3 is 2.20 bits per heavy atom. The molecule has 0 saturated carbocycles. The van der Waals surface area contributed by atoms with Gasteiger partial charge in [0, 0.05) is 13.5 Å². The molecule has 0 amide bonds. The largest absolute Gasteiger partial charge is 0.463 e. The normalized spacial score (nSPS) is 23.1. The molecule has 0 aromatic rings. The van der Waals surface area contributed by atoms with E-state index in [4.69, 9.17) is 23.7 Å². The predicted molar refractivity (Wildman–Crippen MR) is 89.3 cm³/mol. The third-order valence-corrected chi connectivity index (χ3v) is 4.03. The summed E-state index contributed by atoms with van der Waals surface area (Å²) in [7, 11) is 1.62. The van der Waals surface area contributed by atoms with Crippen LogP contribution in [0.15, 0.2) is 0 Å².